The molecule has 1 saturated carbocycles. The van der Waals surface area contributed by atoms with Crippen LogP contribution in [0.1, 0.15) is 82.7 Å². The highest BCUT2D eigenvalue weighted by molar-refractivity contribution is 6.08. The molecule has 43 heavy (non-hydrogen) atoms. The van der Waals surface area contributed by atoms with Gasteiger partial charge in [-0.3, -0.25) is 14.4 Å². The maximum atomic E-state index is 13.2. The van der Waals surface area contributed by atoms with Gasteiger partial charge in [-0.25, -0.2) is 0 Å². The average molecular weight is 603 g/mol. The SMILES string of the molecule is C=CCOC(=O)CC(O)CC(O)CCC1C(C)C(=O)C=C2/C(=N/OCc3c(C)noc3C)CCC(OC(=O)C(C)CC)C21. The Morgan fingerprint density at radius 1 is 1.28 bits per heavy atom. The molecule has 0 radical (unpaired) electrons. The van der Waals surface area contributed by atoms with Crippen LogP contribution in [-0.2, 0) is 35.3 Å². The number of ketones is 1. The van der Waals surface area contributed by atoms with Crippen LogP contribution in [0.4, 0.5) is 0 Å². The number of carbonyl (C=O) groups is 3. The van der Waals surface area contributed by atoms with Crippen molar-refractivity contribution in [2.45, 2.75) is 104 Å². The van der Waals surface area contributed by atoms with E-state index in [1.165, 1.54) is 6.08 Å². The Balaban J connectivity index is 1.78. The van der Waals surface area contributed by atoms with Crippen molar-refractivity contribution in [1.82, 2.24) is 5.16 Å². The first kappa shape index (κ1) is 34.2. The number of fused-ring (bicyclic) bond motifs is 1. The molecule has 1 aromatic heterocycles. The molecule has 11 nitrogen and oxygen atoms in total. The molecule has 2 N–H and O–H groups in total. The van der Waals surface area contributed by atoms with Gasteiger partial charge in [-0.15, -0.1) is 0 Å². The Morgan fingerprint density at radius 3 is 2.67 bits per heavy atom. The largest absolute Gasteiger partial charge is 0.461 e. The summed E-state index contributed by atoms with van der Waals surface area (Å²) < 4.78 is 16.2. The Morgan fingerprint density at radius 2 is 2.02 bits per heavy atom. The standard InChI is InChI=1S/C32H46N2O9/c1-7-13-40-30(38)15-23(36)14-22(35)9-10-24-19(4)28(37)16-25-27(34-41-17-26-20(5)33-43-21(26)6)11-12-29(31(24)25)42-32(39)18(3)8-2/h7,16,18-19,22-24,29,31,35-36H,1,8-15,17H2,2-6H3/b34-27+. The third kappa shape index (κ3) is 9.09. The summed E-state index contributed by atoms with van der Waals surface area (Å²) in [6.45, 7) is 12.9. The monoisotopic (exact) mass is 602 g/mol. The first-order valence-electron chi connectivity index (χ1n) is 15.2. The minimum Gasteiger partial charge on any atom is -0.461 e. The first-order chi connectivity index (χ1) is 20.5. The maximum Gasteiger partial charge on any atom is 0.308 e. The zero-order chi connectivity index (χ0) is 31.7. The van der Waals surface area contributed by atoms with Gasteiger partial charge in [-0.1, -0.05) is 43.7 Å². The van der Waals surface area contributed by atoms with Gasteiger partial charge in [0.05, 0.1) is 41.5 Å². The summed E-state index contributed by atoms with van der Waals surface area (Å²) in [6, 6.07) is 0. The fraction of sp³-hybridized carbons (Fsp3) is 0.656. The molecule has 7 unspecified atom stereocenters. The topological polar surface area (TPSA) is 158 Å². The highest BCUT2D eigenvalue weighted by atomic mass is 16.6. The van der Waals surface area contributed by atoms with Gasteiger partial charge >= 0.3 is 11.9 Å². The van der Waals surface area contributed by atoms with Crippen LogP contribution in [0.5, 0.6) is 0 Å². The molecule has 0 saturated heterocycles. The van der Waals surface area contributed by atoms with Crippen molar-refractivity contribution in [3.05, 3.63) is 41.3 Å². The molecule has 7 atom stereocenters. The van der Waals surface area contributed by atoms with Crippen molar-refractivity contribution in [2.75, 3.05) is 6.61 Å². The third-order valence-corrected chi connectivity index (χ3v) is 8.60. The number of aryl methyl sites for hydroxylation is 2. The molecule has 1 fully saturated rings. The number of nitrogens with zero attached hydrogens (tertiary/aromatic N) is 2. The lowest BCUT2D eigenvalue weighted by Crippen LogP contribution is -2.46. The van der Waals surface area contributed by atoms with Gasteiger partial charge in [-0.05, 0) is 69.9 Å². The smallest absolute Gasteiger partial charge is 0.308 e. The summed E-state index contributed by atoms with van der Waals surface area (Å²) in [4.78, 5) is 43.6. The number of aliphatic hydroxyl groups excluding tert-OH is 2. The van der Waals surface area contributed by atoms with Crippen LogP contribution in [0, 0.1) is 37.5 Å². The van der Waals surface area contributed by atoms with E-state index in [1.807, 2.05) is 27.7 Å². The first-order valence-corrected chi connectivity index (χ1v) is 15.2. The molecule has 2 aliphatic carbocycles. The predicted molar refractivity (Wildman–Crippen MR) is 158 cm³/mol. The van der Waals surface area contributed by atoms with Crippen LogP contribution in [0.2, 0.25) is 0 Å². The van der Waals surface area contributed by atoms with Gasteiger partial charge in [0.2, 0.25) is 0 Å². The highest BCUT2D eigenvalue weighted by Gasteiger charge is 2.46. The number of hydrogen-bond donors (Lipinski definition) is 2. The zero-order valence-corrected chi connectivity index (χ0v) is 25.9. The van der Waals surface area contributed by atoms with E-state index in [1.54, 1.807) is 13.0 Å². The van der Waals surface area contributed by atoms with Crippen LogP contribution in [0.3, 0.4) is 0 Å². The molecular weight excluding hydrogens is 556 g/mol. The predicted octanol–water partition coefficient (Wildman–Crippen LogP) is 4.30. The Kier molecular flexibility index (Phi) is 12.7. The van der Waals surface area contributed by atoms with E-state index < -0.39 is 24.3 Å². The molecule has 0 spiro atoms. The summed E-state index contributed by atoms with van der Waals surface area (Å²) in [5.74, 6) is -1.48. The number of carbonyl (C=O) groups excluding carboxylic acids is 3. The summed E-state index contributed by atoms with van der Waals surface area (Å²) in [5, 5.41) is 29.4. The lowest BCUT2D eigenvalue weighted by atomic mass is 9.63. The molecule has 1 heterocycles. The highest BCUT2D eigenvalue weighted by Crippen LogP contribution is 2.45. The summed E-state index contributed by atoms with van der Waals surface area (Å²) >= 11 is 0. The van der Waals surface area contributed by atoms with Crippen LogP contribution < -0.4 is 0 Å². The summed E-state index contributed by atoms with van der Waals surface area (Å²) in [6.07, 6.45) is 2.70. The lowest BCUT2D eigenvalue weighted by molar-refractivity contribution is -0.158. The fourth-order valence-corrected chi connectivity index (χ4v) is 5.77. The van der Waals surface area contributed by atoms with Gasteiger partial charge in [0.25, 0.3) is 0 Å². The van der Waals surface area contributed by atoms with Gasteiger partial charge in [0.15, 0.2) is 5.78 Å². The lowest BCUT2D eigenvalue weighted by Gasteiger charge is -2.43. The van der Waals surface area contributed by atoms with E-state index in [0.29, 0.717) is 42.7 Å². The Bertz CT molecular complexity index is 1180. The van der Waals surface area contributed by atoms with Crippen LogP contribution in [0.25, 0.3) is 0 Å². The molecule has 0 aliphatic heterocycles. The number of allylic oxidation sites excluding steroid dienone is 1. The summed E-state index contributed by atoms with van der Waals surface area (Å²) in [5.41, 5.74) is 2.85. The van der Waals surface area contributed by atoms with Crippen molar-refractivity contribution < 1.29 is 43.4 Å². The second kappa shape index (κ2) is 16.0. The zero-order valence-electron chi connectivity index (χ0n) is 25.9. The number of rotatable bonds is 15. The number of ether oxygens (including phenoxy) is 2. The van der Waals surface area contributed by atoms with Crippen molar-refractivity contribution >= 4 is 23.4 Å². The van der Waals surface area contributed by atoms with Crippen LogP contribution in [0.15, 0.2) is 34.0 Å². The van der Waals surface area contributed by atoms with Gasteiger partial charge in [0.1, 0.15) is 25.1 Å². The van der Waals surface area contributed by atoms with E-state index in [0.717, 1.165) is 11.3 Å². The number of aromatic nitrogens is 1. The van der Waals surface area contributed by atoms with Gasteiger partial charge in [0, 0.05) is 11.8 Å². The van der Waals surface area contributed by atoms with E-state index in [2.05, 4.69) is 16.9 Å². The average Bonchev–Trinajstić information content (AvgIpc) is 3.29. The van der Waals surface area contributed by atoms with Gasteiger partial charge in [-0.2, -0.15) is 0 Å². The van der Waals surface area contributed by atoms with Gasteiger partial charge < -0.3 is 29.0 Å². The fourth-order valence-electron chi connectivity index (χ4n) is 5.77. The number of esters is 2. The Labute approximate surface area is 253 Å². The number of hydrogen-bond acceptors (Lipinski definition) is 11. The Hall–Kier alpha value is -3.31. The molecular formula is C32H46N2O9. The van der Waals surface area contributed by atoms with Crippen molar-refractivity contribution in [3.8, 4) is 0 Å². The normalized spacial score (nSPS) is 24.9. The van der Waals surface area contributed by atoms with E-state index in [-0.39, 0.29) is 67.9 Å². The van der Waals surface area contributed by atoms with Crippen molar-refractivity contribution in [3.63, 3.8) is 0 Å². The molecule has 0 aromatic carbocycles. The van der Waals surface area contributed by atoms with Crippen molar-refractivity contribution in [1.29, 1.82) is 0 Å². The number of oxime groups is 1. The van der Waals surface area contributed by atoms with E-state index in [9.17, 15) is 24.6 Å². The molecule has 11 heteroatoms. The molecule has 238 valence electrons. The van der Waals surface area contributed by atoms with Crippen LogP contribution in [-0.4, -0.2) is 63.7 Å². The molecule has 1 aromatic rings. The minimum absolute atomic E-state index is 0.0136. The van der Waals surface area contributed by atoms with Crippen LogP contribution >= 0.6 is 0 Å². The number of aliphatic hydroxyl groups is 2. The molecule has 0 amide bonds. The third-order valence-electron chi connectivity index (χ3n) is 8.60. The quantitative estimate of drug-likeness (QED) is 0.168. The second-order valence-electron chi connectivity index (χ2n) is 11.7. The second-order valence-corrected chi connectivity index (χ2v) is 11.7. The molecule has 2 aliphatic rings. The van der Waals surface area contributed by atoms with E-state index in [4.69, 9.17) is 18.8 Å². The molecule has 0 bridgehead atoms. The van der Waals surface area contributed by atoms with E-state index >= 15 is 0 Å². The van der Waals surface area contributed by atoms with Crippen molar-refractivity contribution in [2.24, 2.45) is 28.8 Å². The summed E-state index contributed by atoms with van der Waals surface area (Å²) in [7, 11) is 0. The maximum absolute atomic E-state index is 13.2. The molecule has 3 rings (SSSR count). The minimum atomic E-state index is -1.07.